The number of aryl methyl sites for hydroxylation is 1. The minimum atomic E-state index is 0.706. The molecule has 5 nitrogen and oxygen atoms in total. The number of hydrogen-bond donors (Lipinski definition) is 0. The van der Waals surface area contributed by atoms with Crippen molar-refractivity contribution in [3.05, 3.63) is 59.9 Å². The van der Waals surface area contributed by atoms with Crippen molar-refractivity contribution in [3.63, 3.8) is 0 Å². The van der Waals surface area contributed by atoms with Crippen LogP contribution in [0.3, 0.4) is 0 Å². The van der Waals surface area contributed by atoms with Gasteiger partial charge in [0.05, 0.1) is 7.11 Å². The Labute approximate surface area is 166 Å². The van der Waals surface area contributed by atoms with Gasteiger partial charge in [0.2, 0.25) is 5.88 Å². The van der Waals surface area contributed by atoms with Crippen LogP contribution in [0.4, 0.5) is 0 Å². The van der Waals surface area contributed by atoms with E-state index in [9.17, 15) is 0 Å². The van der Waals surface area contributed by atoms with Crippen LogP contribution in [0.15, 0.2) is 48.8 Å². The van der Waals surface area contributed by atoms with Crippen LogP contribution in [0, 0.1) is 5.92 Å². The van der Waals surface area contributed by atoms with Gasteiger partial charge in [0.15, 0.2) is 0 Å². The Morgan fingerprint density at radius 2 is 2.07 bits per heavy atom. The second-order valence-electron chi connectivity index (χ2n) is 8.27. The largest absolute Gasteiger partial charge is 0.481 e. The van der Waals surface area contributed by atoms with Crippen molar-refractivity contribution in [2.75, 3.05) is 26.7 Å². The highest BCUT2D eigenvalue weighted by molar-refractivity contribution is 5.80. The summed E-state index contributed by atoms with van der Waals surface area (Å²) in [5, 5.41) is 1.34. The van der Waals surface area contributed by atoms with E-state index in [-0.39, 0.29) is 0 Å². The lowest BCUT2D eigenvalue weighted by Crippen LogP contribution is -2.62. The lowest BCUT2D eigenvalue weighted by atomic mass is 9.82. The second kappa shape index (κ2) is 7.22. The number of piperidine rings is 1. The zero-order chi connectivity index (χ0) is 19.1. The number of rotatable bonds is 5. The SMILES string of the molecule is COc1ncccc1CN1C[C@@H]2CN(Cc3ccc4c(ccn4C)c3)CC[C@@H]21. The molecule has 146 valence electrons. The summed E-state index contributed by atoms with van der Waals surface area (Å²) in [6, 6.07) is 13.9. The molecule has 2 aliphatic heterocycles. The third-order valence-electron chi connectivity index (χ3n) is 6.49. The fraction of sp³-hybridized carbons (Fsp3) is 0.435. The van der Waals surface area contributed by atoms with Gasteiger partial charge in [0.1, 0.15) is 0 Å². The zero-order valence-electron chi connectivity index (χ0n) is 16.7. The first kappa shape index (κ1) is 17.7. The molecule has 4 heterocycles. The quantitative estimate of drug-likeness (QED) is 0.684. The normalized spacial score (nSPS) is 22.8. The summed E-state index contributed by atoms with van der Waals surface area (Å²) in [5.74, 6) is 1.55. The van der Waals surface area contributed by atoms with E-state index in [1.165, 1.54) is 48.1 Å². The van der Waals surface area contributed by atoms with Crippen molar-refractivity contribution in [2.45, 2.75) is 25.6 Å². The fourth-order valence-corrected chi connectivity index (χ4v) is 5.01. The molecule has 0 spiro atoms. The summed E-state index contributed by atoms with van der Waals surface area (Å²) in [7, 11) is 3.81. The highest BCUT2D eigenvalue weighted by Gasteiger charge is 2.42. The van der Waals surface area contributed by atoms with Crippen LogP contribution < -0.4 is 4.74 Å². The number of fused-ring (bicyclic) bond motifs is 2. The van der Waals surface area contributed by atoms with Gasteiger partial charge < -0.3 is 9.30 Å². The minimum absolute atomic E-state index is 0.706. The van der Waals surface area contributed by atoms with Crippen LogP contribution in [0.5, 0.6) is 5.88 Å². The Morgan fingerprint density at radius 3 is 2.93 bits per heavy atom. The van der Waals surface area contributed by atoms with Crippen LogP contribution in [0.25, 0.3) is 10.9 Å². The number of methoxy groups -OCH3 is 1. The van der Waals surface area contributed by atoms with Crippen LogP contribution in [0.2, 0.25) is 0 Å². The molecule has 0 amide bonds. The summed E-state index contributed by atoms with van der Waals surface area (Å²) in [6.07, 6.45) is 5.19. The van der Waals surface area contributed by atoms with E-state index in [0.717, 1.165) is 24.9 Å². The van der Waals surface area contributed by atoms with Gasteiger partial charge in [-0.3, -0.25) is 9.80 Å². The average Bonchev–Trinajstić information content (AvgIpc) is 3.07. The molecule has 5 rings (SSSR count). The summed E-state index contributed by atoms with van der Waals surface area (Å²) >= 11 is 0. The predicted molar refractivity (Wildman–Crippen MR) is 111 cm³/mol. The van der Waals surface area contributed by atoms with Gasteiger partial charge in [-0.05, 0) is 54.1 Å². The molecule has 0 radical (unpaired) electrons. The molecule has 2 atom stereocenters. The van der Waals surface area contributed by atoms with E-state index in [0.29, 0.717) is 6.04 Å². The van der Waals surface area contributed by atoms with Crippen molar-refractivity contribution < 1.29 is 4.74 Å². The van der Waals surface area contributed by atoms with E-state index in [2.05, 4.69) is 62.9 Å². The number of hydrogen-bond acceptors (Lipinski definition) is 4. The Balaban J connectivity index is 1.19. The maximum Gasteiger partial charge on any atom is 0.217 e. The van der Waals surface area contributed by atoms with Gasteiger partial charge in [0, 0.05) is 62.7 Å². The highest BCUT2D eigenvalue weighted by Crippen LogP contribution is 2.35. The summed E-state index contributed by atoms with van der Waals surface area (Å²) < 4.78 is 7.60. The molecule has 2 fully saturated rings. The Morgan fingerprint density at radius 1 is 1.14 bits per heavy atom. The molecular weight excluding hydrogens is 348 g/mol. The van der Waals surface area contributed by atoms with E-state index < -0.39 is 0 Å². The maximum absolute atomic E-state index is 5.42. The van der Waals surface area contributed by atoms with Crippen LogP contribution in [0.1, 0.15) is 17.5 Å². The molecule has 28 heavy (non-hydrogen) atoms. The van der Waals surface area contributed by atoms with Gasteiger partial charge in [0.25, 0.3) is 0 Å². The maximum atomic E-state index is 5.42. The van der Waals surface area contributed by atoms with Crippen molar-refractivity contribution in [2.24, 2.45) is 13.0 Å². The highest BCUT2D eigenvalue weighted by atomic mass is 16.5. The molecule has 1 aromatic carbocycles. The molecule has 0 N–H and O–H groups in total. The average molecular weight is 377 g/mol. The van der Waals surface area contributed by atoms with Crippen molar-refractivity contribution in [3.8, 4) is 5.88 Å². The second-order valence-corrected chi connectivity index (χ2v) is 8.27. The Kier molecular flexibility index (Phi) is 4.57. The van der Waals surface area contributed by atoms with Gasteiger partial charge >= 0.3 is 0 Å². The van der Waals surface area contributed by atoms with E-state index >= 15 is 0 Å². The summed E-state index contributed by atoms with van der Waals surface area (Å²) in [4.78, 5) is 9.56. The van der Waals surface area contributed by atoms with Gasteiger partial charge in [-0.25, -0.2) is 4.98 Å². The third-order valence-corrected chi connectivity index (χ3v) is 6.49. The van der Waals surface area contributed by atoms with E-state index in [4.69, 9.17) is 4.74 Å². The van der Waals surface area contributed by atoms with Crippen LogP contribution in [-0.4, -0.2) is 52.1 Å². The van der Waals surface area contributed by atoms with E-state index in [1.54, 1.807) is 13.3 Å². The Hall–Kier alpha value is -2.37. The first-order valence-electron chi connectivity index (χ1n) is 10.2. The van der Waals surface area contributed by atoms with Crippen molar-refractivity contribution >= 4 is 10.9 Å². The summed E-state index contributed by atoms with van der Waals surface area (Å²) in [6.45, 7) is 5.57. The van der Waals surface area contributed by atoms with Crippen molar-refractivity contribution in [1.29, 1.82) is 0 Å². The molecule has 2 aliphatic rings. The molecule has 5 heteroatoms. The number of nitrogens with zero attached hydrogens (tertiary/aromatic N) is 4. The smallest absolute Gasteiger partial charge is 0.217 e. The number of benzene rings is 1. The Bertz CT molecular complexity index is 982. The third kappa shape index (κ3) is 3.19. The molecule has 0 saturated carbocycles. The molecule has 3 aromatic rings. The fourth-order valence-electron chi connectivity index (χ4n) is 5.01. The molecule has 0 unspecified atom stereocenters. The molecule has 2 saturated heterocycles. The number of aromatic nitrogens is 2. The standard InChI is InChI=1S/C23H28N4O/c1-25-10-7-18-12-17(5-6-21(18)25)13-26-11-8-22-20(14-26)16-27(22)15-19-4-3-9-24-23(19)28-2/h3-7,9-10,12,20,22H,8,11,13-16H2,1-2H3/t20-,22-/m0/s1. The van der Waals surface area contributed by atoms with Gasteiger partial charge in [-0.2, -0.15) is 0 Å². The van der Waals surface area contributed by atoms with E-state index in [1.807, 2.05) is 6.07 Å². The van der Waals surface area contributed by atoms with Crippen LogP contribution in [-0.2, 0) is 20.1 Å². The molecule has 2 aromatic heterocycles. The molecule has 0 aliphatic carbocycles. The number of likely N-dealkylation sites (tertiary alicyclic amines) is 2. The minimum Gasteiger partial charge on any atom is -0.481 e. The van der Waals surface area contributed by atoms with Crippen molar-refractivity contribution in [1.82, 2.24) is 19.4 Å². The summed E-state index contributed by atoms with van der Waals surface area (Å²) in [5.41, 5.74) is 3.93. The zero-order valence-corrected chi connectivity index (χ0v) is 16.7. The number of ether oxygens (including phenoxy) is 1. The van der Waals surface area contributed by atoms with Gasteiger partial charge in [-0.1, -0.05) is 12.1 Å². The first-order chi connectivity index (χ1) is 13.7. The lowest BCUT2D eigenvalue weighted by Gasteiger charge is -2.53. The molecule has 0 bridgehead atoms. The first-order valence-corrected chi connectivity index (χ1v) is 10.2. The predicted octanol–water partition coefficient (Wildman–Crippen LogP) is 3.29. The number of pyridine rings is 1. The topological polar surface area (TPSA) is 33.5 Å². The monoisotopic (exact) mass is 376 g/mol. The van der Waals surface area contributed by atoms with Gasteiger partial charge in [-0.15, -0.1) is 0 Å². The van der Waals surface area contributed by atoms with Crippen LogP contribution >= 0.6 is 0 Å². The molecular formula is C23H28N4O. The lowest BCUT2D eigenvalue weighted by molar-refractivity contribution is -0.0509.